The van der Waals surface area contributed by atoms with Gasteiger partial charge >= 0.3 is 0 Å². The zero-order valence-corrected chi connectivity index (χ0v) is 11.5. The van der Waals surface area contributed by atoms with Crippen molar-refractivity contribution in [2.45, 2.75) is 19.9 Å². The lowest BCUT2D eigenvalue weighted by atomic mass is 10.4. The van der Waals surface area contributed by atoms with Crippen molar-refractivity contribution in [1.82, 2.24) is 14.7 Å². The molecule has 0 radical (unpaired) electrons. The van der Waals surface area contributed by atoms with E-state index in [1.165, 1.54) is 15.8 Å². The van der Waals surface area contributed by atoms with Crippen LogP contribution in [0.15, 0.2) is 11.0 Å². The van der Waals surface area contributed by atoms with Gasteiger partial charge in [-0.05, 0) is 6.42 Å². The Balaban J connectivity index is 2.83. The van der Waals surface area contributed by atoms with E-state index in [-0.39, 0.29) is 23.0 Å². The number of nitrogens with zero attached hydrogens (tertiary/aromatic N) is 3. The minimum Gasteiger partial charge on any atom is -0.373 e. The van der Waals surface area contributed by atoms with Gasteiger partial charge in [0.05, 0.1) is 18.4 Å². The van der Waals surface area contributed by atoms with Gasteiger partial charge in [0.25, 0.3) is 5.56 Å². The van der Waals surface area contributed by atoms with Crippen LogP contribution >= 0.6 is 11.6 Å². The lowest BCUT2D eigenvalue weighted by molar-refractivity contribution is -0.126. The van der Waals surface area contributed by atoms with Crippen LogP contribution in [0.1, 0.15) is 13.3 Å². The van der Waals surface area contributed by atoms with E-state index in [1.54, 1.807) is 14.1 Å². The Bertz CT molecular complexity index is 484. The second kappa shape index (κ2) is 6.39. The topological polar surface area (TPSA) is 67.2 Å². The zero-order chi connectivity index (χ0) is 13.7. The van der Waals surface area contributed by atoms with Gasteiger partial charge in [-0.15, -0.1) is 0 Å². The number of hydrogen-bond donors (Lipinski definition) is 1. The number of carbonyl (C=O) groups is 1. The number of nitrogens with one attached hydrogen (secondary N) is 1. The molecule has 100 valence electrons. The Labute approximate surface area is 111 Å². The average Bonchev–Trinajstić information content (AvgIpc) is 2.33. The van der Waals surface area contributed by atoms with E-state index in [1.807, 2.05) is 6.92 Å². The average molecular weight is 273 g/mol. The molecule has 1 aromatic heterocycles. The van der Waals surface area contributed by atoms with Crippen molar-refractivity contribution in [3.63, 3.8) is 0 Å². The number of aryl methyl sites for hydroxylation is 1. The minimum absolute atomic E-state index is 0.0602. The predicted octanol–water partition coefficient (Wildman–Crippen LogP) is 0.807. The summed E-state index contributed by atoms with van der Waals surface area (Å²) in [6, 6.07) is 0. The summed E-state index contributed by atoms with van der Waals surface area (Å²) in [6.07, 6.45) is 2.26. The highest BCUT2D eigenvalue weighted by molar-refractivity contribution is 6.33. The quantitative estimate of drug-likeness (QED) is 0.861. The molecule has 0 saturated carbocycles. The maximum atomic E-state index is 11.8. The zero-order valence-electron chi connectivity index (χ0n) is 10.7. The molecular formula is C11H17ClN4O2. The first-order chi connectivity index (χ1) is 8.47. The van der Waals surface area contributed by atoms with Crippen molar-refractivity contribution in [1.29, 1.82) is 0 Å². The van der Waals surface area contributed by atoms with Gasteiger partial charge in [-0.3, -0.25) is 9.59 Å². The molecule has 0 bridgehead atoms. The number of carbonyl (C=O) groups excluding carboxylic acids is 1. The standard InChI is InChI=1S/C11H17ClN4O2/c1-4-5-16-11(18)10(12)8(6-14-16)13-7-9(17)15(2)3/h6,13H,4-5,7H2,1-3H3. The Kier molecular flexibility index (Phi) is 5.15. The summed E-state index contributed by atoms with van der Waals surface area (Å²) in [5, 5.41) is 6.85. The highest BCUT2D eigenvalue weighted by atomic mass is 35.5. The first kappa shape index (κ1) is 14.5. The molecule has 0 aliphatic heterocycles. The number of aromatic nitrogens is 2. The fraction of sp³-hybridized carbons (Fsp3) is 0.545. The number of likely N-dealkylation sites (N-methyl/N-ethyl adjacent to an activating group) is 1. The summed E-state index contributed by atoms with van der Waals surface area (Å²) in [5.41, 5.74) is 0.0324. The molecule has 0 aromatic carbocycles. The van der Waals surface area contributed by atoms with Crippen LogP contribution in [-0.4, -0.2) is 41.2 Å². The van der Waals surface area contributed by atoms with Crippen LogP contribution < -0.4 is 10.9 Å². The molecule has 1 heterocycles. The minimum atomic E-state index is -0.346. The van der Waals surface area contributed by atoms with Crippen LogP contribution in [0.4, 0.5) is 5.69 Å². The van der Waals surface area contributed by atoms with Gasteiger partial charge in [0.15, 0.2) is 0 Å². The highest BCUT2D eigenvalue weighted by Crippen LogP contribution is 2.14. The van der Waals surface area contributed by atoms with Gasteiger partial charge in [-0.25, -0.2) is 4.68 Å². The molecule has 0 unspecified atom stereocenters. The van der Waals surface area contributed by atoms with E-state index >= 15 is 0 Å². The van der Waals surface area contributed by atoms with E-state index in [2.05, 4.69) is 10.4 Å². The van der Waals surface area contributed by atoms with E-state index < -0.39 is 0 Å². The van der Waals surface area contributed by atoms with Crippen LogP contribution in [0.25, 0.3) is 0 Å². The number of anilines is 1. The summed E-state index contributed by atoms with van der Waals surface area (Å²) in [7, 11) is 3.31. The molecule has 0 spiro atoms. The smallest absolute Gasteiger partial charge is 0.287 e. The first-order valence-corrected chi connectivity index (χ1v) is 6.04. The van der Waals surface area contributed by atoms with Crippen LogP contribution in [0.3, 0.4) is 0 Å². The normalized spacial score (nSPS) is 10.2. The monoisotopic (exact) mass is 272 g/mol. The third kappa shape index (κ3) is 3.46. The second-order valence-corrected chi connectivity index (χ2v) is 4.42. The fourth-order valence-electron chi connectivity index (χ4n) is 1.29. The summed E-state index contributed by atoms with van der Waals surface area (Å²) in [4.78, 5) is 24.6. The van der Waals surface area contributed by atoms with E-state index in [4.69, 9.17) is 11.6 Å². The fourth-order valence-corrected chi connectivity index (χ4v) is 1.50. The van der Waals surface area contributed by atoms with Gasteiger partial charge in [0.2, 0.25) is 5.91 Å². The molecule has 0 aliphatic rings. The molecule has 1 N–H and O–H groups in total. The Hall–Kier alpha value is -1.56. The van der Waals surface area contributed by atoms with Crippen molar-refractivity contribution in [3.8, 4) is 0 Å². The van der Waals surface area contributed by atoms with Crippen molar-refractivity contribution in [2.24, 2.45) is 0 Å². The van der Waals surface area contributed by atoms with Crippen LogP contribution in [-0.2, 0) is 11.3 Å². The molecule has 6 nitrogen and oxygen atoms in total. The van der Waals surface area contributed by atoms with Crippen LogP contribution in [0.5, 0.6) is 0 Å². The van der Waals surface area contributed by atoms with Gasteiger partial charge in [-0.1, -0.05) is 18.5 Å². The Morgan fingerprint density at radius 1 is 1.56 bits per heavy atom. The number of amides is 1. The molecule has 1 aromatic rings. The molecular weight excluding hydrogens is 256 g/mol. The number of halogens is 1. The van der Waals surface area contributed by atoms with Crippen LogP contribution in [0, 0.1) is 0 Å². The molecule has 0 atom stereocenters. The van der Waals surface area contributed by atoms with E-state index in [9.17, 15) is 9.59 Å². The SMILES string of the molecule is CCCn1ncc(NCC(=O)N(C)C)c(Cl)c1=O. The van der Waals surface area contributed by atoms with Crippen molar-refractivity contribution >= 4 is 23.2 Å². The first-order valence-electron chi connectivity index (χ1n) is 5.67. The summed E-state index contributed by atoms with van der Waals surface area (Å²) in [5.74, 6) is -0.108. The third-order valence-electron chi connectivity index (χ3n) is 2.35. The lowest BCUT2D eigenvalue weighted by Crippen LogP contribution is -2.30. The highest BCUT2D eigenvalue weighted by Gasteiger charge is 2.10. The predicted molar refractivity (Wildman–Crippen MR) is 71.0 cm³/mol. The largest absolute Gasteiger partial charge is 0.373 e. The Morgan fingerprint density at radius 3 is 2.78 bits per heavy atom. The van der Waals surface area contributed by atoms with Crippen LogP contribution in [0.2, 0.25) is 5.02 Å². The summed E-state index contributed by atoms with van der Waals surface area (Å²) < 4.78 is 1.31. The summed E-state index contributed by atoms with van der Waals surface area (Å²) in [6.45, 7) is 2.55. The maximum Gasteiger partial charge on any atom is 0.287 e. The van der Waals surface area contributed by atoms with E-state index in [0.29, 0.717) is 12.2 Å². The van der Waals surface area contributed by atoms with Crippen molar-refractivity contribution in [2.75, 3.05) is 26.0 Å². The van der Waals surface area contributed by atoms with Gasteiger partial charge < -0.3 is 10.2 Å². The number of hydrogen-bond acceptors (Lipinski definition) is 4. The second-order valence-electron chi connectivity index (χ2n) is 4.04. The molecule has 7 heteroatoms. The molecule has 18 heavy (non-hydrogen) atoms. The van der Waals surface area contributed by atoms with E-state index in [0.717, 1.165) is 6.42 Å². The summed E-state index contributed by atoms with van der Waals surface area (Å²) >= 11 is 5.94. The lowest BCUT2D eigenvalue weighted by Gasteiger charge is -2.12. The molecule has 1 amide bonds. The molecule has 0 fully saturated rings. The van der Waals surface area contributed by atoms with Gasteiger partial charge in [-0.2, -0.15) is 5.10 Å². The molecule has 0 aliphatic carbocycles. The Morgan fingerprint density at radius 2 is 2.22 bits per heavy atom. The van der Waals surface area contributed by atoms with Gasteiger partial charge in [0, 0.05) is 20.6 Å². The molecule has 0 saturated heterocycles. The van der Waals surface area contributed by atoms with Gasteiger partial charge in [0.1, 0.15) is 5.02 Å². The van der Waals surface area contributed by atoms with Crippen molar-refractivity contribution in [3.05, 3.63) is 21.6 Å². The molecule has 1 rings (SSSR count). The van der Waals surface area contributed by atoms with Crippen molar-refractivity contribution < 1.29 is 4.79 Å². The maximum absolute atomic E-state index is 11.8. The number of rotatable bonds is 5. The third-order valence-corrected chi connectivity index (χ3v) is 2.71.